The van der Waals surface area contributed by atoms with E-state index < -0.39 is 28.6 Å². The van der Waals surface area contributed by atoms with E-state index in [0.717, 1.165) is 10.4 Å². The molecule has 31 heavy (non-hydrogen) atoms. The van der Waals surface area contributed by atoms with Crippen LogP contribution in [-0.2, 0) is 13.7 Å². The molecule has 0 radical (unpaired) electrons. The third-order valence-electron chi connectivity index (χ3n) is 4.73. The molecule has 0 N–H and O–H groups in total. The van der Waals surface area contributed by atoms with Gasteiger partial charge in [0.05, 0.1) is 0 Å². The number of ether oxygens (including phenoxy) is 2. The lowest BCUT2D eigenvalue weighted by Crippen LogP contribution is -2.57. The fourth-order valence-corrected chi connectivity index (χ4v) is 11.0. The highest BCUT2D eigenvalue weighted by molar-refractivity contribution is 6.96. The number of esters is 2. The van der Waals surface area contributed by atoms with Crippen LogP contribution in [0.5, 0.6) is 11.5 Å². The van der Waals surface area contributed by atoms with Gasteiger partial charge >= 0.3 is 11.9 Å². The lowest BCUT2D eigenvalue weighted by atomic mass is 10.3. The number of rotatable bonds is 8. The number of carbonyl (C=O) groups excluding carboxylic acids is 2. The molecule has 0 bridgehead atoms. The van der Waals surface area contributed by atoms with Crippen LogP contribution in [0.15, 0.2) is 72.8 Å². The van der Waals surface area contributed by atoms with E-state index in [2.05, 4.69) is 39.3 Å². The molecule has 0 aromatic heterocycles. The Balaban J connectivity index is 2.13. The van der Waals surface area contributed by atoms with Crippen molar-refractivity contribution in [3.8, 4) is 11.5 Å². The lowest BCUT2D eigenvalue weighted by molar-refractivity contribution is -0.130. The summed E-state index contributed by atoms with van der Waals surface area (Å²) >= 11 is 0. The molecular formula is C24H30O5Si2. The van der Waals surface area contributed by atoms with Crippen molar-refractivity contribution < 1.29 is 23.2 Å². The molecule has 0 aliphatic heterocycles. The largest absolute Gasteiger partial charge is 0.449 e. The van der Waals surface area contributed by atoms with Crippen molar-refractivity contribution in [1.82, 2.24) is 0 Å². The monoisotopic (exact) mass is 454 g/mol. The van der Waals surface area contributed by atoms with E-state index in [-0.39, 0.29) is 0 Å². The molecule has 0 aliphatic rings. The molecule has 0 saturated carbocycles. The fourth-order valence-electron chi connectivity index (χ4n) is 2.99. The first kappa shape index (κ1) is 24.5. The number of hydrogen-bond donors (Lipinski definition) is 0. The Morgan fingerprint density at radius 1 is 0.645 bits per heavy atom. The third kappa shape index (κ3) is 6.62. The Morgan fingerprint density at radius 3 is 1.19 bits per heavy atom. The summed E-state index contributed by atoms with van der Waals surface area (Å²) in [5.74, 6) is 0.0914. The van der Waals surface area contributed by atoms with E-state index in [1.165, 1.54) is 0 Å². The molecule has 0 amide bonds. The topological polar surface area (TPSA) is 61.8 Å². The van der Waals surface area contributed by atoms with Gasteiger partial charge in [0.1, 0.15) is 11.5 Å². The van der Waals surface area contributed by atoms with Crippen LogP contribution < -0.4 is 19.8 Å². The molecule has 0 aliphatic carbocycles. The number of carbonyl (C=O) groups is 2. The van der Waals surface area contributed by atoms with Crippen LogP contribution in [0.1, 0.15) is 13.8 Å². The second kappa shape index (κ2) is 9.59. The predicted octanol–water partition coefficient (Wildman–Crippen LogP) is 4.19. The summed E-state index contributed by atoms with van der Waals surface area (Å²) < 4.78 is 17.3. The summed E-state index contributed by atoms with van der Waals surface area (Å²) in [5, 5.41) is 2.21. The van der Waals surface area contributed by atoms with Crippen molar-refractivity contribution >= 4 is 38.9 Å². The Bertz CT molecular complexity index is 908. The summed E-state index contributed by atoms with van der Waals surface area (Å²) in [6, 6.07) is 15.0. The minimum absolute atomic E-state index is 0.357. The minimum Gasteiger partial charge on any atom is -0.449 e. The Kier molecular flexibility index (Phi) is 7.59. The predicted molar refractivity (Wildman–Crippen MR) is 129 cm³/mol. The fraction of sp³-hybridized carbons (Fsp3) is 0.250. The van der Waals surface area contributed by atoms with Crippen LogP contribution in [0.2, 0.25) is 26.2 Å². The normalized spacial score (nSPS) is 11.5. The summed E-state index contributed by atoms with van der Waals surface area (Å²) in [5.41, 5.74) is 0.713. The van der Waals surface area contributed by atoms with Gasteiger partial charge in [-0.3, -0.25) is 0 Å². The maximum absolute atomic E-state index is 11.7. The maximum Gasteiger partial charge on any atom is 0.338 e. The molecule has 0 fully saturated rings. The average Bonchev–Trinajstić information content (AvgIpc) is 2.67. The summed E-state index contributed by atoms with van der Waals surface area (Å²) in [4.78, 5) is 23.4. The van der Waals surface area contributed by atoms with Gasteiger partial charge in [-0.15, -0.1) is 0 Å². The van der Waals surface area contributed by atoms with Crippen molar-refractivity contribution in [2.75, 3.05) is 0 Å². The molecule has 0 unspecified atom stereocenters. The first-order chi connectivity index (χ1) is 14.3. The Morgan fingerprint density at radius 2 is 0.935 bits per heavy atom. The average molecular weight is 455 g/mol. The van der Waals surface area contributed by atoms with E-state index in [1.54, 1.807) is 38.1 Å². The summed E-state index contributed by atoms with van der Waals surface area (Å²) in [7, 11) is -4.46. The van der Waals surface area contributed by atoms with Gasteiger partial charge in [-0.1, -0.05) is 37.4 Å². The summed E-state index contributed by atoms with van der Waals surface area (Å²) in [6.45, 7) is 19.0. The SMILES string of the molecule is C=C(C)C(=O)Oc1ccc([Si](C)(C)O[Si](C)(C)c2ccc(OC(=O)C(=C)C)cc2)cc1. The molecular weight excluding hydrogens is 424 g/mol. The van der Waals surface area contributed by atoms with E-state index in [1.807, 2.05) is 24.3 Å². The second-order valence-corrected chi connectivity index (χ2v) is 16.5. The molecule has 164 valence electrons. The van der Waals surface area contributed by atoms with Crippen LogP contribution in [-0.4, -0.2) is 28.6 Å². The zero-order valence-electron chi connectivity index (χ0n) is 19.1. The second-order valence-electron chi connectivity index (χ2n) is 8.51. The molecule has 2 aromatic carbocycles. The molecule has 0 heterocycles. The van der Waals surface area contributed by atoms with Crippen LogP contribution in [0, 0.1) is 0 Å². The molecule has 0 saturated heterocycles. The van der Waals surface area contributed by atoms with Crippen molar-refractivity contribution in [1.29, 1.82) is 0 Å². The summed E-state index contributed by atoms with van der Waals surface area (Å²) in [6.07, 6.45) is 0. The van der Waals surface area contributed by atoms with Crippen molar-refractivity contribution in [2.24, 2.45) is 0 Å². The maximum atomic E-state index is 11.7. The molecule has 0 spiro atoms. The molecule has 2 rings (SSSR count). The molecule has 5 nitrogen and oxygen atoms in total. The van der Waals surface area contributed by atoms with Gasteiger partial charge in [0.25, 0.3) is 0 Å². The van der Waals surface area contributed by atoms with E-state index in [9.17, 15) is 9.59 Å². The van der Waals surface area contributed by atoms with Crippen LogP contribution in [0.3, 0.4) is 0 Å². The van der Waals surface area contributed by atoms with Gasteiger partial charge in [-0.05, 0) is 74.7 Å². The van der Waals surface area contributed by atoms with Gasteiger partial charge in [-0.25, -0.2) is 9.59 Å². The van der Waals surface area contributed by atoms with Crippen LogP contribution in [0.4, 0.5) is 0 Å². The van der Waals surface area contributed by atoms with E-state index in [4.69, 9.17) is 13.6 Å². The number of benzene rings is 2. The van der Waals surface area contributed by atoms with Crippen LogP contribution in [0.25, 0.3) is 0 Å². The van der Waals surface area contributed by atoms with Gasteiger partial charge < -0.3 is 13.6 Å². The van der Waals surface area contributed by atoms with Gasteiger partial charge in [0.2, 0.25) is 16.6 Å². The van der Waals surface area contributed by atoms with Gasteiger partial charge in [-0.2, -0.15) is 0 Å². The standard InChI is InChI=1S/C24H30O5Si2/c1-17(2)23(25)27-19-9-13-21(14-10-19)30(5,6)29-31(7,8)22-15-11-20(12-16-22)28-24(26)18(3)4/h9-16H,1,3H2,2,4-8H3. The zero-order valence-corrected chi connectivity index (χ0v) is 21.1. The highest BCUT2D eigenvalue weighted by Gasteiger charge is 2.36. The Labute approximate surface area is 186 Å². The molecule has 2 aromatic rings. The first-order valence-electron chi connectivity index (χ1n) is 9.98. The van der Waals surface area contributed by atoms with E-state index in [0.29, 0.717) is 22.6 Å². The third-order valence-corrected chi connectivity index (χ3v) is 12.3. The van der Waals surface area contributed by atoms with Crippen molar-refractivity contribution in [3.63, 3.8) is 0 Å². The highest BCUT2D eigenvalue weighted by Crippen LogP contribution is 2.19. The smallest absolute Gasteiger partial charge is 0.338 e. The van der Waals surface area contributed by atoms with Crippen LogP contribution >= 0.6 is 0 Å². The highest BCUT2D eigenvalue weighted by atomic mass is 28.4. The van der Waals surface area contributed by atoms with Crippen molar-refractivity contribution in [3.05, 3.63) is 72.8 Å². The first-order valence-corrected chi connectivity index (χ1v) is 15.8. The molecule has 7 heteroatoms. The van der Waals surface area contributed by atoms with Gasteiger partial charge in [0.15, 0.2) is 0 Å². The lowest BCUT2D eigenvalue weighted by Gasteiger charge is -2.34. The minimum atomic E-state index is -2.23. The van der Waals surface area contributed by atoms with Gasteiger partial charge in [0, 0.05) is 11.1 Å². The Hall–Kier alpha value is -2.75. The molecule has 0 atom stereocenters. The quantitative estimate of drug-likeness (QED) is 0.259. The van der Waals surface area contributed by atoms with Crippen molar-refractivity contribution in [2.45, 2.75) is 40.0 Å². The number of hydrogen-bond acceptors (Lipinski definition) is 5. The van der Waals surface area contributed by atoms with E-state index >= 15 is 0 Å². The zero-order chi connectivity index (χ0) is 23.4.